The Morgan fingerprint density at radius 1 is 1.30 bits per heavy atom. The number of hydrogen-bond acceptors (Lipinski definition) is 4. The van der Waals surface area contributed by atoms with Gasteiger partial charge in [0, 0.05) is 39.3 Å². The van der Waals surface area contributed by atoms with Gasteiger partial charge in [-0.25, -0.2) is 0 Å². The lowest BCUT2D eigenvalue weighted by molar-refractivity contribution is -0.135. The maximum atomic E-state index is 12.4. The molecule has 5 nitrogen and oxygen atoms in total. The SMILES string of the molecule is CCC(CN)C(=O)N1CCCN(CC2CCCO2)CC1. The molecule has 20 heavy (non-hydrogen) atoms. The molecule has 0 aromatic heterocycles. The van der Waals surface area contributed by atoms with Gasteiger partial charge < -0.3 is 15.4 Å². The maximum Gasteiger partial charge on any atom is 0.226 e. The van der Waals surface area contributed by atoms with Crippen molar-refractivity contribution < 1.29 is 9.53 Å². The van der Waals surface area contributed by atoms with E-state index < -0.39 is 0 Å². The van der Waals surface area contributed by atoms with E-state index in [0.29, 0.717) is 12.6 Å². The van der Waals surface area contributed by atoms with Crippen LogP contribution in [-0.2, 0) is 9.53 Å². The molecule has 2 atom stereocenters. The first-order valence-electron chi connectivity index (χ1n) is 8.07. The summed E-state index contributed by atoms with van der Waals surface area (Å²) in [5, 5.41) is 0. The zero-order chi connectivity index (χ0) is 14.4. The first-order chi connectivity index (χ1) is 9.74. The predicted molar refractivity (Wildman–Crippen MR) is 79.4 cm³/mol. The van der Waals surface area contributed by atoms with Gasteiger partial charge in [0.25, 0.3) is 0 Å². The van der Waals surface area contributed by atoms with Crippen LogP contribution in [0.4, 0.5) is 0 Å². The van der Waals surface area contributed by atoms with Crippen LogP contribution in [0, 0.1) is 5.92 Å². The third kappa shape index (κ3) is 4.17. The predicted octanol–water partition coefficient (Wildman–Crippen LogP) is 0.685. The van der Waals surface area contributed by atoms with Crippen molar-refractivity contribution in [3.05, 3.63) is 0 Å². The Hall–Kier alpha value is -0.650. The first kappa shape index (κ1) is 15.7. The van der Waals surface area contributed by atoms with Crippen LogP contribution in [0.5, 0.6) is 0 Å². The number of carbonyl (C=O) groups excluding carboxylic acids is 1. The number of rotatable bonds is 5. The highest BCUT2D eigenvalue weighted by Gasteiger charge is 2.25. The molecule has 0 saturated carbocycles. The summed E-state index contributed by atoms with van der Waals surface area (Å²) < 4.78 is 5.71. The van der Waals surface area contributed by atoms with Crippen LogP contribution in [0.15, 0.2) is 0 Å². The van der Waals surface area contributed by atoms with Gasteiger partial charge in [-0.15, -0.1) is 0 Å². The highest BCUT2D eigenvalue weighted by Crippen LogP contribution is 2.15. The topological polar surface area (TPSA) is 58.8 Å². The molecule has 2 heterocycles. The average molecular weight is 283 g/mol. The fourth-order valence-electron chi connectivity index (χ4n) is 3.15. The number of ether oxygens (including phenoxy) is 1. The van der Waals surface area contributed by atoms with Crippen LogP contribution in [0.1, 0.15) is 32.6 Å². The highest BCUT2D eigenvalue weighted by molar-refractivity contribution is 5.79. The second kappa shape index (κ2) is 7.96. The Bertz CT molecular complexity index is 301. The standard InChI is InChI=1S/C15H29N3O2/c1-2-13(11-16)15(19)18-7-4-6-17(8-9-18)12-14-5-3-10-20-14/h13-14H,2-12,16H2,1H3. The molecule has 2 N–H and O–H groups in total. The summed E-state index contributed by atoms with van der Waals surface area (Å²) in [5.41, 5.74) is 5.69. The Balaban J connectivity index is 1.80. The Morgan fingerprint density at radius 2 is 2.15 bits per heavy atom. The molecule has 2 fully saturated rings. The van der Waals surface area contributed by atoms with Crippen LogP contribution >= 0.6 is 0 Å². The van der Waals surface area contributed by atoms with Gasteiger partial charge in [0.05, 0.1) is 12.0 Å². The van der Waals surface area contributed by atoms with Crippen LogP contribution in [0.25, 0.3) is 0 Å². The van der Waals surface area contributed by atoms with Crippen molar-refractivity contribution in [1.29, 1.82) is 0 Å². The molecule has 5 heteroatoms. The minimum atomic E-state index is -0.000264. The smallest absolute Gasteiger partial charge is 0.226 e. The summed E-state index contributed by atoms with van der Waals surface area (Å²) in [5.74, 6) is 0.244. The largest absolute Gasteiger partial charge is 0.377 e. The molecule has 0 bridgehead atoms. The number of hydrogen-bond donors (Lipinski definition) is 1. The molecule has 1 amide bonds. The van der Waals surface area contributed by atoms with Crippen molar-refractivity contribution >= 4 is 5.91 Å². The van der Waals surface area contributed by atoms with E-state index >= 15 is 0 Å². The molecule has 0 spiro atoms. The fourth-order valence-corrected chi connectivity index (χ4v) is 3.15. The minimum absolute atomic E-state index is 0.000264. The second-order valence-corrected chi connectivity index (χ2v) is 5.96. The summed E-state index contributed by atoms with van der Waals surface area (Å²) in [6.45, 7) is 8.19. The number of amides is 1. The van der Waals surface area contributed by atoms with E-state index in [9.17, 15) is 4.79 Å². The Kier molecular flexibility index (Phi) is 6.26. The Morgan fingerprint density at radius 3 is 2.80 bits per heavy atom. The lowest BCUT2D eigenvalue weighted by atomic mass is 10.1. The second-order valence-electron chi connectivity index (χ2n) is 5.96. The van der Waals surface area contributed by atoms with E-state index in [1.54, 1.807) is 0 Å². The van der Waals surface area contributed by atoms with Gasteiger partial charge in [0.1, 0.15) is 0 Å². The summed E-state index contributed by atoms with van der Waals surface area (Å²) in [6, 6.07) is 0. The van der Waals surface area contributed by atoms with E-state index in [1.165, 1.54) is 12.8 Å². The summed E-state index contributed by atoms with van der Waals surface area (Å²) in [7, 11) is 0. The maximum absolute atomic E-state index is 12.4. The van der Waals surface area contributed by atoms with Crippen molar-refractivity contribution in [3.8, 4) is 0 Å². The molecule has 0 aliphatic carbocycles. The van der Waals surface area contributed by atoms with Crippen molar-refractivity contribution in [2.24, 2.45) is 11.7 Å². The van der Waals surface area contributed by atoms with Crippen molar-refractivity contribution in [2.45, 2.75) is 38.7 Å². The van der Waals surface area contributed by atoms with Crippen LogP contribution in [-0.4, -0.2) is 67.7 Å². The lowest BCUT2D eigenvalue weighted by Gasteiger charge is -2.26. The van der Waals surface area contributed by atoms with Gasteiger partial charge in [0.2, 0.25) is 5.91 Å². The third-order valence-corrected chi connectivity index (χ3v) is 4.51. The van der Waals surface area contributed by atoms with Crippen LogP contribution in [0.2, 0.25) is 0 Å². The summed E-state index contributed by atoms with van der Waals surface area (Å²) in [6.07, 6.45) is 4.68. The third-order valence-electron chi connectivity index (χ3n) is 4.51. The molecular formula is C15H29N3O2. The van der Waals surface area contributed by atoms with E-state index in [2.05, 4.69) is 4.90 Å². The van der Waals surface area contributed by atoms with E-state index in [1.807, 2.05) is 11.8 Å². The summed E-state index contributed by atoms with van der Waals surface area (Å²) in [4.78, 5) is 16.8. The molecule has 116 valence electrons. The van der Waals surface area contributed by atoms with Gasteiger partial charge in [-0.3, -0.25) is 9.69 Å². The molecule has 2 unspecified atom stereocenters. The zero-order valence-corrected chi connectivity index (χ0v) is 12.7. The van der Waals surface area contributed by atoms with Crippen LogP contribution in [0.3, 0.4) is 0 Å². The molecule has 0 aromatic rings. The lowest BCUT2D eigenvalue weighted by Crippen LogP contribution is -2.41. The average Bonchev–Trinajstić information content (AvgIpc) is 2.85. The number of nitrogens with zero attached hydrogens (tertiary/aromatic N) is 2. The van der Waals surface area contributed by atoms with Gasteiger partial charge in [0.15, 0.2) is 0 Å². The molecule has 2 aliphatic rings. The van der Waals surface area contributed by atoms with Crippen molar-refractivity contribution in [1.82, 2.24) is 9.80 Å². The van der Waals surface area contributed by atoms with E-state index in [-0.39, 0.29) is 11.8 Å². The fraction of sp³-hybridized carbons (Fsp3) is 0.933. The van der Waals surface area contributed by atoms with E-state index in [0.717, 1.165) is 52.2 Å². The number of carbonyl (C=O) groups is 1. The molecule has 2 saturated heterocycles. The minimum Gasteiger partial charge on any atom is -0.377 e. The van der Waals surface area contributed by atoms with E-state index in [4.69, 9.17) is 10.5 Å². The van der Waals surface area contributed by atoms with Gasteiger partial charge in [-0.2, -0.15) is 0 Å². The Labute approximate surface area is 122 Å². The molecule has 2 aliphatic heterocycles. The molecular weight excluding hydrogens is 254 g/mol. The number of nitrogens with two attached hydrogens (primary N) is 1. The molecule has 0 radical (unpaired) electrons. The van der Waals surface area contributed by atoms with Crippen molar-refractivity contribution in [2.75, 3.05) is 45.9 Å². The zero-order valence-electron chi connectivity index (χ0n) is 12.7. The van der Waals surface area contributed by atoms with Crippen LogP contribution < -0.4 is 5.73 Å². The highest BCUT2D eigenvalue weighted by atomic mass is 16.5. The first-order valence-corrected chi connectivity index (χ1v) is 8.07. The molecule has 2 rings (SSSR count). The normalized spacial score (nSPS) is 26.5. The summed E-state index contributed by atoms with van der Waals surface area (Å²) >= 11 is 0. The van der Waals surface area contributed by atoms with Gasteiger partial charge in [-0.1, -0.05) is 6.92 Å². The van der Waals surface area contributed by atoms with Gasteiger partial charge in [-0.05, 0) is 32.2 Å². The quantitative estimate of drug-likeness (QED) is 0.806. The van der Waals surface area contributed by atoms with Crippen molar-refractivity contribution in [3.63, 3.8) is 0 Å². The molecule has 0 aromatic carbocycles. The van der Waals surface area contributed by atoms with Gasteiger partial charge >= 0.3 is 0 Å². The monoisotopic (exact) mass is 283 g/mol.